The molecule has 1 aliphatic rings. The number of aliphatic carboxylic acids is 1. The van der Waals surface area contributed by atoms with Gasteiger partial charge in [0.25, 0.3) is 0 Å². The lowest BCUT2D eigenvalue weighted by Gasteiger charge is -2.36. The van der Waals surface area contributed by atoms with Crippen LogP contribution in [0.25, 0.3) is 0 Å². The summed E-state index contributed by atoms with van der Waals surface area (Å²) in [5, 5.41) is 8.82. The van der Waals surface area contributed by atoms with Gasteiger partial charge in [0.15, 0.2) is 0 Å². The van der Waals surface area contributed by atoms with Gasteiger partial charge in [-0.2, -0.15) is 0 Å². The molecule has 3 N–H and O–H groups in total. The maximum atomic E-state index is 10.7. The Balaban J connectivity index is 2.62. The SMILES string of the molecule is C[C@@H](C(=O)O)C1(N)CCCCC1. The quantitative estimate of drug-likeness (QED) is 0.659. The van der Waals surface area contributed by atoms with Gasteiger partial charge in [-0.15, -0.1) is 0 Å². The minimum absolute atomic E-state index is 0.405. The summed E-state index contributed by atoms with van der Waals surface area (Å²) in [5.41, 5.74) is 5.58. The number of carbonyl (C=O) groups is 1. The highest BCUT2D eigenvalue weighted by molar-refractivity contribution is 5.71. The van der Waals surface area contributed by atoms with Crippen LogP contribution in [0.1, 0.15) is 39.0 Å². The van der Waals surface area contributed by atoms with Gasteiger partial charge in [0.1, 0.15) is 0 Å². The molecule has 1 aliphatic carbocycles. The second-order valence-corrected chi connectivity index (χ2v) is 3.85. The van der Waals surface area contributed by atoms with Gasteiger partial charge in [0.2, 0.25) is 0 Å². The average Bonchev–Trinajstić information content (AvgIpc) is 2.04. The van der Waals surface area contributed by atoms with Crippen molar-refractivity contribution < 1.29 is 9.90 Å². The van der Waals surface area contributed by atoms with Crippen LogP contribution in [0.3, 0.4) is 0 Å². The summed E-state index contributed by atoms with van der Waals surface area (Å²) >= 11 is 0. The fraction of sp³-hybridized carbons (Fsp3) is 0.889. The number of hydrogen-bond acceptors (Lipinski definition) is 2. The standard InChI is InChI=1S/C9H17NO2/c1-7(8(11)12)9(10)5-3-2-4-6-9/h7H,2-6,10H2,1H3,(H,11,12)/t7-/m0/s1. The van der Waals surface area contributed by atoms with Crippen LogP contribution in [0.15, 0.2) is 0 Å². The van der Waals surface area contributed by atoms with E-state index in [1.54, 1.807) is 6.92 Å². The molecular weight excluding hydrogens is 154 g/mol. The maximum Gasteiger partial charge on any atom is 0.308 e. The van der Waals surface area contributed by atoms with Crippen molar-refractivity contribution in [3.05, 3.63) is 0 Å². The van der Waals surface area contributed by atoms with Gasteiger partial charge in [0, 0.05) is 5.54 Å². The lowest BCUT2D eigenvalue weighted by molar-refractivity contribution is -0.144. The molecule has 12 heavy (non-hydrogen) atoms. The van der Waals surface area contributed by atoms with E-state index < -0.39 is 17.4 Å². The third kappa shape index (κ3) is 1.78. The van der Waals surface area contributed by atoms with Crippen LogP contribution < -0.4 is 5.73 Å². The minimum Gasteiger partial charge on any atom is -0.481 e. The molecule has 0 saturated heterocycles. The first-order valence-corrected chi connectivity index (χ1v) is 4.58. The highest BCUT2D eigenvalue weighted by atomic mass is 16.4. The Morgan fingerprint density at radius 3 is 2.33 bits per heavy atom. The van der Waals surface area contributed by atoms with Crippen LogP contribution in [-0.4, -0.2) is 16.6 Å². The zero-order valence-corrected chi connectivity index (χ0v) is 7.55. The molecule has 1 fully saturated rings. The van der Waals surface area contributed by atoms with Crippen LogP contribution in [0.4, 0.5) is 0 Å². The summed E-state index contributed by atoms with van der Waals surface area (Å²) in [6, 6.07) is 0. The van der Waals surface area contributed by atoms with E-state index in [0.29, 0.717) is 0 Å². The number of nitrogens with two attached hydrogens (primary N) is 1. The molecule has 3 nitrogen and oxygen atoms in total. The van der Waals surface area contributed by atoms with Crippen LogP contribution in [0.5, 0.6) is 0 Å². The molecule has 0 aromatic heterocycles. The lowest BCUT2D eigenvalue weighted by Crippen LogP contribution is -2.50. The van der Waals surface area contributed by atoms with Crippen molar-refractivity contribution in [2.75, 3.05) is 0 Å². The largest absolute Gasteiger partial charge is 0.481 e. The fourth-order valence-electron chi connectivity index (χ4n) is 1.89. The van der Waals surface area contributed by atoms with E-state index in [4.69, 9.17) is 10.8 Å². The van der Waals surface area contributed by atoms with Gasteiger partial charge < -0.3 is 10.8 Å². The second-order valence-electron chi connectivity index (χ2n) is 3.85. The van der Waals surface area contributed by atoms with Gasteiger partial charge in [-0.3, -0.25) is 4.79 Å². The molecule has 0 radical (unpaired) electrons. The molecule has 0 bridgehead atoms. The van der Waals surface area contributed by atoms with Gasteiger partial charge in [-0.1, -0.05) is 26.2 Å². The Morgan fingerprint density at radius 1 is 1.42 bits per heavy atom. The topological polar surface area (TPSA) is 63.3 Å². The number of carboxylic acids is 1. The first-order valence-electron chi connectivity index (χ1n) is 4.58. The van der Waals surface area contributed by atoms with Gasteiger partial charge in [-0.05, 0) is 12.8 Å². The Morgan fingerprint density at radius 2 is 1.92 bits per heavy atom. The van der Waals surface area contributed by atoms with Gasteiger partial charge in [-0.25, -0.2) is 0 Å². The molecule has 0 amide bonds. The zero-order chi connectivity index (χ0) is 9.19. The van der Waals surface area contributed by atoms with Gasteiger partial charge in [0.05, 0.1) is 5.92 Å². The maximum absolute atomic E-state index is 10.7. The third-order valence-electron chi connectivity index (χ3n) is 3.02. The Labute approximate surface area is 72.9 Å². The molecule has 1 atom stereocenters. The van der Waals surface area contributed by atoms with Crippen molar-refractivity contribution in [3.63, 3.8) is 0 Å². The molecule has 0 unspecified atom stereocenters. The monoisotopic (exact) mass is 171 g/mol. The molecule has 1 rings (SSSR count). The number of hydrogen-bond donors (Lipinski definition) is 2. The fourth-order valence-corrected chi connectivity index (χ4v) is 1.89. The molecule has 0 aromatic carbocycles. The molecule has 70 valence electrons. The highest BCUT2D eigenvalue weighted by Gasteiger charge is 2.37. The van der Waals surface area contributed by atoms with Crippen LogP contribution in [0.2, 0.25) is 0 Å². The van der Waals surface area contributed by atoms with E-state index in [1.165, 1.54) is 6.42 Å². The van der Waals surface area contributed by atoms with Crippen LogP contribution in [0, 0.1) is 5.92 Å². The molecular formula is C9H17NO2. The predicted molar refractivity (Wildman–Crippen MR) is 46.8 cm³/mol. The molecule has 3 heteroatoms. The number of rotatable bonds is 2. The molecule has 1 saturated carbocycles. The Kier molecular flexibility index (Phi) is 2.73. The molecule has 0 aliphatic heterocycles. The van der Waals surface area contributed by atoms with Gasteiger partial charge >= 0.3 is 5.97 Å². The third-order valence-corrected chi connectivity index (χ3v) is 3.02. The van der Waals surface area contributed by atoms with Crippen molar-refractivity contribution >= 4 is 5.97 Å². The smallest absolute Gasteiger partial charge is 0.308 e. The summed E-state index contributed by atoms with van der Waals surface area (Å²) in [6.45, 7) is 1.72. The highest BCUT2D eigenvalue weighted by Crippen LogP contribution is 2.32. The van der Waals surface area contributed by atoms with Crippen molar-refractivity contribution in [3.8, 4) is 0 Å². The minimum atomic E-state index is -0.764. The normalized spacial score (nSPS) is 24.8. The summed E-state index contributed by atoms with van der Waals surface area (Å²) in [4.78, 5) is 10.7. The first-order chi connectivity index (χ1) is 5.56. The van der Waals surface area contributed by atoms with Crippen molar-refractivity contribution in [2.45, 2.75) is 44.6 Å². The van der Waals surface area contributed by atoms with Crippen LogP contribution >= 0.6 is 0 Å². The summed E-state index contributed by atoms with van der Waals surface area (Å²) < 4.78 is 0. The molecule has 0 spiro atoms. The van der Waals surface area contributed by atoms with Crippen molar-refractivity contribution in [2.24, 2.45) is 11.7 Å². The number of carboxylic acid groups (broad SMARTS) is 1. The first kappa shape index (κ1) is 9.52. The van der Waals surface area contributed by atoms with E-state index in [1.807, 2.05) is 0 Å². The van der Waals surface area contributed by atoms with E-state index in [-0.39, 0.29) is 0 Å². The predicted octanol–water partition coefficient (Wildman–Crippen LogP) is 1.37. The van der Waals surface area contributed by atoms with E-state index in [2.05, 4.69) is 0 Å². The van der Waals surface area contributed by atoms with E-state index >= 15 is 0 Å². The zero-order valence-electron chi connectivity index (χ0n) is 7.55. The summed E-state index contributed by atoms with van der Waals surface area (Å²) in [6.07, 6.45) is 5.08. The molecule has 0 heterocycles. The van der Waals surface area contributed by atoms with E-state index in [9.17, 15) is 4.79 Å². The van der Waals surface area contributed by atoms with Crippen LogP contribution in [-0.2, 0) is 4.79 Å². The molecule has 0 aromatic rings. The average molecular weight is 171 g/mol. The van der Waals surface area contributed by atoms with E-state index in [0.717, 1.165) is 25.7 Å². The Bertz CT molecular complexity index is 173. The van der Waals surface area contributed by atoms with Crippen molar-refractivity contribution in [1.82, 2.24) is 0 Å². The summed E-state index contributed by atoms with van der Waals surface area (Å²) in [5.74, 6) is -1.17. The lowest BCUT2D eigenvalue weighted by atomic mass is 9.74. The van der Waals surface area contributed by atoms with Crippen molar-refractivity contribution in [1.29, 1.82) is 0 Å². The summed E-state index contributed by atoms with van der Waals surface area (Å²) in [7, 11) is 0. The Hall–Kier alpha value is -0.570. The second kappa shape index (κ2) is 3.44.